The first-order valence-electron chi connectivity index (χ1n) is 5.10. The lowest BCUT2D eigenvalue weighted by Crippen LogP contribution is -2.39. The molecule has 1 aromatic carbocycles. The minimum absolute atomic E-state index is 0.201. The molecule has 15 heavy (non-hydrogen) atoms. The van der Waals surface area contributed by atoms with Gasteiger partial charge in [-0.25, -0.2) is 0 Å². The third-order valence-electron chi connectivity index (χ3n) is 2.14. The van der Waals surface area contributed by atoms with Crippen molar-refractivity contribution in [2.75, 3.05) is 19.0 Å². The van der Waals surface area contributed by atoms with Crippen molar-refractivity contribution in [3.05, 3.63) is 23.8 Å². The van der Waals surface area contributed by atoms with Crippen molar-refractivity contribution in [3.8, 4) is 5.75 Å². The van der Waals surface area contributed by atoms with Gasteiger partial charge in [-0.05, 0) is 44.5 Å². The topological polar surface area (TPSA) is 47.3 Å². The molecule has 0 atom stereocenters. The maximum absolute atomic E-state index is 5.89. The molecule has 3 N–H and O–H groups in total. The molecule has 0 saturated heterocycles. The van der Waals surface area contributed by atoms with Crippen LogP contribution in [0.3, 0.4) is 0 Å². The average molecular weight is 208 g/mol. The van der Waals surface area contributed by atoms with Crippen LogP contribution >= 0.6 is 0 Å². The standard InChI is InChI=1S/C12H20N2O/c1-9-7-10(5-6-11(9)15-4)14-8-12(2,3)13/h5-7,14H,8,13H2,1-4H3. The van der Waals surface area contributed by atoms with Crippen LogP contribution in [-0.4, -0.2) is 19.2 Å². The largest absolute Gasteiger partial charge is 0.496 e. The second-order valence-corrected chi connectivity index (χ2v) is 4.53. The van der Waals surface area contributed by atoms with E-state index in [1.807, 2.05) is 32.9 Å². The summed E-state index contributed by atoms with van der Waals surface area (Å²) in [6, 6.07) is 6.02. The highest BCUT2D eigenvalue weighted by atomic mass is 16.5. The Morgan fingerprint density at radius 3 is 2.53 bits per heavy atom. The number of hydrogen-bond donors (Lipinski definition) is 2. The van der Waals surface area contributed by atoms with Crippen LogP contribution in [0.4, 0.5) is 5.69 Å². The number of methoxy groups -OCH3 is 1. The fourth-order valence-electron chi connectivity index (χ4n) is 1.32. The Hall–Kier alpha value is -1.22. The number of ether oxygens (including phenoxy) is 1. The van der Waals surface area contributed by atoms with Gasteiger partial charge >= 0.3 is 0 Å². The summed E-state index contributed by atoms with van der Waals surface area (Å²) in [4.78, 5) is 0. The molecule has 0 aromatic heterocycles. The fourth-order valence-corrected chi connectivity index (χ4v) is 1.32. The summed E-state index contributed by atoms with van der Waals surface area (Å²) in [5.41, 5.74) is 7.89. The zero-order valence-corrected chi connectivity index (χ0v) is 9.92. The molecule has 0 aliphatic carbocycles. The summed E-state index contributed by atoms with van der Waals surface area (Å²) >= 11 is 0. The van der Waals surface area contributed by atoms with Crippen LogP contribution in [0.2, 0.25) is 0 Å². The van der Waals surface area contributed by atoms with Crippen LogP contribution in [0.5, 0.6) is 5.75 Å². The van der Waals surface area contributed by atoms with E-state index >= 15 is 0 Å². The van der Waals surface area contributed by atoms with Gasteiger partial charge in [0.1, 0.15) is 5.75 Å². The summed E-state index contributed by atoms with van der Waals surface area (Å²) < 4.78 is 5.19. The first-order chi connectivity index (χ1) is 6.92. The molecule has 0 fully saturated rings. The van der Waals surface area contributed by atoms with E-state index in [0.717, 1.165) is 23.5 Å². The highest BCUT2D eigenvalue weighted by molar-refractivity contribution is 5.50. The zero-order valence-electron chi connectivity index (χ0n) is 9.92. The van der Waals surface area contributed by atoms with E-state index in [4.69, 9.17) is 10.5 Å². The summed E-state index contributed by atoms with van der Waals surface area (Å²) in [5.74, 6) is 0.910. The molecule has 0 spiro atoms. The third-order valence-corrected chi connectivity index (χ3v) is 2.14. The molecule has 0 aliphatic heterocycles. The van der Waals surface area contributed by atoms with E-state index in [1.165, 1.54) is 0 Å². The molecule has 84 valence electrons. The Morgan fingerprint density at radius 1 is 1.40 bits per heavy atom. The van der Waals surface area contributed by atoms with Crippen LogP contribution in [0.1, 0.15) is 19.4 Å². The van der Waals surface area contributed by atoms with Gasteiger partial charge in [-0.1, -0.05) is 0 Å². The molecule has 3 nitrogen and oxygen atoms in total. The first-order valence-corrected chi connectivity index (χ1v) is 5.10. The molecule has 0 radical (unpaired) electrons. The van der Waals surface area contributed by atoms with E-state index < -0.39 is 0 Å². The first kappa shape index (κ1) is 11.9. The molecule has 0 unspecified atom stereocenters. The van der Waals surface area contributed by atoms with Crippen molar-refractivity contribution in [3.63, 3.8) is 0 Å². The monoisotopic (exact) mass is 208 g/mol. The van der Waals surface area contributed by atoms with Crippen molar-refractivity contribution in [1.29, 1.82) is 0 Å². The van der Waals surface area contributed by atoms with Crippen LogP contribution in [0.15, 0.2) is 18.2 Å². The third kappa shape index (κ3) is 3.80. The summed E-state index contributed by atoms with van der Waals surface area (Å²) in [6.07, 6.45) is 0. The van der Waals surface area contributed by atoms with Gasteiger partial charge in [-0.3, -0.25) is 0 Å². The van der Waals surface area contributed by atoms with Crippen LogP contribution in [0.25, 0.3) is 0 Å². The van der Waals surface area contributed by atoms with E-state index in [2.05, 4.69) is 11.4 Å². The Kier molecular flexibility index (Phi) is 3.58. The molecular weight excluding hydrogens is 188 g/mol. The Labute approximate surface area is 91.6 Å². The molecule has 0 heterocycles. The van der Waals surface area contributed by atoms with E-state index in [9.17, 15) is 0 Å². The Bertz CT molecular complexity index is 329. The Morgan fingerprint density at radius 2 is 2.07 bits per heavy atom. The van der Waals surface area contributed by atoms with Gasteiger partial charge in [0.2, 0.25) is 0 Å². The van der Waals surface area contributed by atoms with Gasteiger partial charge in [0, 0.05) is 17.8 Å². The van der Waals surface area contributed by atoms with E-state index in [1.54, 1.807) is 7.11 Å². The number of benzene rings is 1. The fraction of sp³-hybridized carbons (Fsp3) is 0.500. The molecular formula is C12H20N2O. The number of anilines is 1. The SMILES string of the molecule is COc1ccc(NCC(C)(C)N)cc1C. The number of aryl methyl sites for hydroxylation is 1. The predicted octanol–water partition coefficient (Wildman–Crippen LogP) is 2.15. The Balaban J connectivity index is 2.68. The molecule has 3 heteroatoms. The number of nitrogens with one attached hydrogen (secondary N) is 1. The van der Waals surface area contributed by atoms with Gasteiger partial charge in [-0.2, -0.15) is 0 Å². The maximum Gasteiger partial charge on any atom is 0.121 e. The molecule has 0 bridgehead atoms. The second-order valence-electron chi connectivity index (χ2n) is 4.53. The average Bonchev–Trinajstić information content (AvgIpc) is 2.14. The summed E-state index contributed by atoms with van der Waals surface area (Å²) in [7, 11) is 1.68. The van der Waals surface area contributed by atoms with Gasteiger partial charge in [0.25, 0.3) is 0 Å². The lowest BCUT2D eigenvalue weighted by atomic mass is 10.1. The molecule has 1 rings (SSSR count). The second kappa shape index (κ2) is 4.53. The molecule has 0 amide bonds. The maximum atomic E-state index is 5.89. The smallest absolute Gasteiger partial charge is 0.121 e. The van der Waals surface area contributed by atoms with Gasteiger partial charge < -0.3 is 15.8 Å². The van der Waals surface area contributed by atoms with Gasteiger partial charge in [-0.15, -0.1) is 0 Å². The van der Waals surface area contributed by atoms with Crippen molar-refractivity contribution >= 4 is 5.69 Å². The van der Waals surface area contributed by atoms with Gasteiger partial charge in [0.05, 0.1) is 7.11 Å². The van der Waals surface area contributed by atoms with Crippen LogP contribution < -0.4 is 15.8 Å². The normalized spacial score (nSPS) is 11.3. The molecule has 1 aromatic rings. The molecule has 0 aliphatic rings. The van der Waals surface area contributed by atoms with Crippen LogP contribution in [0, 0.1) is 6.92 Å². The van der Waals surface area contributed by atoms with Crippen molar-refractivity contribution < 1.29 is 4.74 Å². The van der Waals surface area contributed by atoms with E-state index in [0.29, 0.717) is 0 Å². The van der Waals surface area contributed by atoms with E-state index in [-0.39, 0.29) is 5.54 Å². The summed E-state index contributed by atoms with van der Waals surface area (Å²) in [5, 5.41) is 3.30. The lowest BCUT2D eigenvalue weighted by molar-refractivity contribution is 0.412. The number of nitrogens with two attached hydrogens (primary N) is 1. The number of rotatable bonds is 4. The molecule has 0 saturated carbocycles. The predicted molar refractivity (Wildman–Crippen MR) is 64.5 cm³/mol. The summed E-state index contributed by atoms with van der Waals surface area (Å²) in [6.45, 7) is 6.77. The zero-order chi connectivity index (χ0) is 11.5. The quantitative estimate of drug-likeness (QED) is 0.797. The minimum atomic E-state index is -0.201. The highest BCUT2D eigenvalue weighted by Gasteiger charge is 2.09. The lowest BCUT2D eigenvalue weighted by Gasteiger charge is -2.20. The number of hydrogen-bond acceptors (Lipinski definition) is 3. The van der Waals surface area contributed by atoms with Crippen molar-refractivity contribution in [2.24, 2.45) is 5.73 Å². The highest BCUT2D eigenvalue weighted by Crippen LogP contribution is 2.21. The minimum Gasteiger partial charge on any atom is -0.496 e. The van der Waals surface area contributed by atoms with Crippen molar-refractivity contribution in [1.82, 2.24) is 0 Å². The van der Waals surface area contributed by atoms with Crippen molar-refractivity contribution in [2.45, 2.75) is 26.3 Å². The van der Waals surface area contributed by atoms with Gasteiger partial charge in [0.15, 0.2) is 0 Å². The van der Waals surface area contributed by atoms with Crippen LogP contribution in [-0.2, 0) is 0 Å².